The van der Waals surface area contributed by atoms with Gasteiger partial charge in [0, 0.05) is 23.7 Å². The lowest BCUT2D eigenvalue weighted by molar-refractivity contribution is -0.613. The molecule has 0 aliphatic heterocycles. The summed E-state index contributed by atoms with van der Waals surface area (Å²) in [5.74, 6) is 0.623. The lowest BCUT2D eigenvalue weighted by atomic mass is 10.0. The van der Waals surface area contributed by atoms with E-state index in [4.69, 9.17) is 15.9 Å². The lowest BCUT2D eigenvalue weighted by Gasteiger charge is -2.17. The van der Waals surface area contributed by atoms with Crippen molar-refractivity contribution in [3.8, 4) is 0 Å². The lowest BCUT2D eigenvalue weighted by Crippen LogP contribution is -2.96. The molecule has 0 heterocycles. The third-order valence-corrected chi connectivity index (χ3v) is 3.45. The number of carbonyl (C=O) groups excluding carboxylic acids is 1. The molecule has 0 spiro atoms. The van der Waals surface area contributed by atoms with Gasteiger partial charge in [0.15, 0.2) is 0 Å². The van der Waals surface area contributed by atoms with Gasteiger partial charge >= 0.3 is 6.09 Å². The van der Waals surface area contributed by atoms with E-state index in [0.29, 0.717) is 11.5 Å². The summed E-state index contributed by atoms with van der Waals surface area (Å²) < 4.78 is 5.39. The first kappa shape index (κ1) is 18.5. The molecule has 0 aromatic rings. The van der Waals surface area contributed by atoms with Crippen LogP contribution in [0, 0.1) is 11.3 Å². The zero-order chi connectivity index (χ0) is 16.9. The highest BCUT2D eigenvalue weighted by Crippen LogP contribution is 2.31. The predicted molar refractivity (Wildman–Crippen MR) is 87.6 cm³/mol. The molecule has 1 aliphatic carbocycles. The van der Waals surface area contributed by atoms with Crippen molar-refractivity contribution in [1.29, 1.82) is 5.41 Å². The fourth-order valence-corrected chi connectivity index (χ4v) is 2.58. The third kappa shape index (κ3) is 6.93. The van der Waals surface area contributed by atoms with Crippen LogP contribution in [0.4, 0.5) is 4.79 Å². The number of nitrogens with two attached hydrogens (primary N) is 2. The largest absolute Gasteiger partial charge is 0.446 e. The maximum absolute atomic E-state index is 11.6. The maximum atomic E-state index is 11.6. The molecule has 1 aliphatic rings. The molecule has 6 heteroatoms. The van der Waals surface area contributed by atoms with E-state index in [2.05, 4.69) is 26.1 Å². The highest BCUT2D eigenvalue weighted by atomic mass is 16.6. The molecule has 1 saturated carbocycles. The van der Waals surface area contributed by atoms with Gasteiger partial charge in [0.05, 0.1) is 5.54 Å². The van der Waals surface area contributed by atoms with Crippen LogP contribution in [-0.4, -0.2) is 29.6 Å². The molecule has 6 N–H and O–H groups in total. The molecule has 0 radical (unpaired) electrons. The molecule has 1 fully saturated rings. The molecule has 0 unspecified atom stereocenters. The Bertz CT molecular complexity index is 438. The summed E-state index contributed by atoms with van der Waals surface area (Å²) in [7, 11) is 0. The molecule has 1 rings (SSSR count). The number of alkyl carbamates (subject to hydrolysis) is 1. The topological polar surface area (TPSA) is 105 Å². The van der Waals surface area contributed by atoms with E-state index >= 15 is 0 Å². The van der Waals surface area contributed by atoms with Gasteiger partial charge in [-0.25, -0.2) is 4.79 Å². The van der Waals surface area contributed by atoms with E-state index in [1.165, 1.54) is 0 Å². The quantitative estimate of drug-likeness (QED) is 0.467. The molecule has 0 bridgehead atoms. The highest BCUT2D eigenvalue weighted by Gasteiger charge is 2.29. The fraction of sp³-hybridized carbons (Fsp3) is 0.750. The second-order valence-electron chi connectivity index (χ2n) is 7.45. The minimum Gasteiger partial charge on any atom is -0.446 e. The Morgan fingerprint density at radius 3 is 2.59 bits per heavy atom. The van der Waals surface area contributed by atoms with Crippen LogP contribution in [0.3, 0.4) is 0 Å². The maximum Gasteiger partial charge on any atom is 0.407 e. The van der Waals surface area contributed by atoms with E-state index in [9.17, 15) is 4.79 Å². The molecule has 126 valence electrons. The first-order valence-electron chi connectivity index (χ1n) is 7.95. The number of nitrogens with one attached hydrogen (secondary N) is 2. The Morgan fingerprint density at radius 1 is 1.41 bits per heavy atom. The average molecular weight is 311 g/mol. The molecule has 22 heavy (non-hydrogen) atoms. The number of rotatable bonds is 4. The van der Waals surface area contributed by atoms with Crippen LogP contribution >= 0.6 is 0 Å². The van der Waals surface area contributed by atoms with Crippen molar-refractivity contribution in [2.24, 2.45) is 11.7 Å². The van der Waals surface area contributed by atoms with Gasteiger partial charge in [0.1, 0.15) is 6.10 Å². The van der Waals surface area contributed by atoms with Gasteiger partial charge in [-0.15, -0.1) is 0 Å². The minimum atomic E-state index is -0.364. The average Bonchev–Trinajstić information content (AvgIpc) is 2.73. The number of quaternary nitrogens is 1. The van der Waals surface area contributed by atoms with E-state index in [1.54, 1.807) is 6.08 Å². The van der Waals surface area contributed by atoms with Gasteiger partial charge in [-0.05, 0) is 53.9 Å². The minimum absolute atomic E-state index is 0.0376. The second-order valence-corrected chi connectivity index (χ2v) is 7.45. The van der Waals surface area contributed by atoms with Crippen LogP contribution in [0.1, 0.15) is 53.9 Å². The molecular weight excluding hydrogens is 280 g/mol. The van der Waals surface area contributed by atoms with Gasteiger partial charge in [0.25, 0.3) is 0 Å². The van der Waals surface area contributed by atoms with Crippen molar-refractivity contribution in [3.05, 3.63) is 11.8 Å². The molecule has 0 aromatic heterocycles. The zero-order valence-corrected chi connectivity index (χ0v) is 14.4. The van der Waals surface area contributed by atoms with Gasteiger partial charge < -0.3 is 15.8 Å². The number of hydrogen-bond acceptors (Lipinski definition) is 4. The van der Waals surface area contributed by atoms with Crippen molar-refractivity contribution in [1.82, 2.24) is 5.32 Å². The van der Waals surface area contributed by atoms with E-state index in [-0.39, 0.29) is 29.7 Å². The van der Waals surface area contributed by atoms with Crippen molar-refractivity contribution in [3.63, 3.8) is 0 Å². The van der Waals surface area contributed by atoms with E-state index < -0.39 is 0 Å². The standard InChI is InChI=1S/C16H30N4O2/c1-10(2)19-15(21)22-12-7-6-11(8-12)13(17)9-14(18)20-16(3,4)5/h9-12H,6-8,17H2,1-5H3,(H2,18,20)(H,19,21)/p+1/b13-9-/t11-,12+/m0/s1. The molecule has 6 nitrogen and oxygen atoms in total. The van der Waals surface area contributed by atoms with Crippen molar-refractivity contribution < 1.29 is 14.8 Å². The summed E-state index contributed by atoms with van der Waals surface area (Å²) in [5, 5.41) is 12.6. The normalized spacial score (nSPS) is 22.7. The molecule has 0 saturated heterocycles. The van der Waals surface area contributed by atoms with Gasteiger partial charge in [0.2, 0.25) is 5.84 Å². The first-order chi connectivity index (χ1) is 10.1. The van der Waals surface area contributed by atoms with Crippen LogP contribution in [0.2, 0.25) is 0 Å². The summed E-state index contributed by atoms with van der Waals surface area (Å²) >= 11 is 0. The zero-order valence-electron chi connectivity index (χ0n) is 14.4. The van der Waals surface area contributed by atoms with Gasteiger partial charge in [-0.3, -0.25) is 10.7 Å². The Hall–Kier alpha value is -1.56. The summed E-state index contributed by atoms with van der Waals surface area (Å²) in [6.45, 7) is 9.96. The van der Waals surface area contributed by atoms with Crippen LogP contribution in [0.15, 0.2) is 11.8 Å². The SMILES string of the molecule is CC(C)NC(=O)O[C@@H]1CC[C@H](/C(N)=C/C(=N)[NH2+]C(C)(C)C)C1. The number of amides is 1. The Balaban J connectivity index is 2.48. The predicted octanol–water partition coefficient (Wildman–Crippen LogP) is 1.47. The van der Waals surface area contributed by atoms with Crippen molar-refractivity contribution in [2.75, 3.05) is 0 Å². The van der Waals surface area contributed by atoms with Gasteiger partial charge in [-0.2, -0.15) is 0 Å². The van der Waals surface area contributed by atoms with Crippen LogP contribution < -0.4 is 16.4 Å². The number of hydrogen-bond donors (Lipinski definition) is 4. The number of amidine groups is 1. The summed E-state index contributed by atoms with van der Waals surface area (Å²) in [5.41, 5.74) is 6.79. The Morgan fingerprint density at radius 2 is 2.05 bits per heavy atom. The van der Waals surface area contributed by atoms with Crippen LogP contribution in [-0.2, 0) is 4.74 Å². The monoisotopic (exact) mass is 311 g/mol. The number of carbonyl (C=O) groups is 1. The first-order valence-corrected chi connectivity index (χ1v) is 7.95. The summed E-state index contributed by atoms with van der Waals surface area (Å²) in [6, 6.07) is 0.0723. The summed E-state index contributed by atoms with van der Waals surface area (Å²) in [6.07, 6.45) is 3.73. The van der Waals surface area contributed by atoms with E-state index in [1.807, 2.05) is 19.2 Å². The summed E-state index contributed by atoms with van der Waals surface area (Å²) in [4.78, 5) is 11.6. The third-order valence-electron chi connectivity index (χ3n) is 3.45. The number of allylic oxidation sites excluding steroid dienone is 1. The molecule has 1 amide bonds. The Labute approximate surface area is 133 Å². The fourth-order valence-electron chi connectivity index (χ4n) is 2.58. The molecule has 0 aromatic carbocycles. The van der Waals surface area contributed by atoms with Crippen LogP contribution in [0.5, 0.6) is 0 Å². The van der Waals surface area contributed by atoms with Crippen molar-refractivity contribution in [2.45, 2.75) is 71.6 Å². The van der Waals surface area contributed by atoms with Crippen LogP contribution in [0.25, 0.3) is 0 Å². The smallest absolute Gasteiger partial charge is 0.407 e. The van der Waals surface area contributed by atoms with Gasteiger partial charge in [-0.1, -0.05) is 0 Å². The molecule has 2 atom stereocenters. The van der Waals surface area contributed by atoms with E-state index in [0.717, 1.165) is 19.3 Å². The number of ether oxygens (including phenoxy) is 1. The second kappa shape index (κ2) is 7.63. The van der Waals surface area contributed by atoms with Crippen molar-refractivity contribution >= 4 is 11.9 Å². The highest BCUT2D eigenvalue weighted by molar-refractivity contribution is 5.82. The Kier molecular flexibility index (Phi) is 6.41. The molecular formula is C16H31N4O2+.